The number of thiazole rings is 1. The first-order chi connectivity index (χ1) is 15.9. The van der Waals surface area contributed by atoms with E-state index in [9.17, 15) is 18.5 Å². The quantitative estimate of drug-likeness (QED) is 0.351. The fraction of sp³-hybridized carbons (Fsp3) is 0.348. The van der Waals surface area contributed by atoms with E-state index in [0.717, 1.165) is 30.1 Å². The molecule has 174 valence electrons. The van der Waals surface area contributed by atoms with E-state index in [1.54, 1.807) is 11.3 Å². The Bertz CT molecular complexity index is 1200. The van der Waals surface area contributed by atoms with Gasteiger partial charge in [0.15, 0.2) is 5.13 Å². The Kier molecular flexibility index (Phi) is 7.06. The fourth-order valence-corrected chi connectivity index (χ4v) is 6.15. The summed E-state index contributed by atoms with van der Waals surface area (Å²) in [7, 11) is -3.69. The summed E-state index contributed by atoms with van der Waals surface area (Å²) in [6, 6.07) is 13.7. The van der Waals surface area contributed by atoms with Gasteiger partial charge in [-0.3, -0.25) is 10.1 Å². The van der Waals surface area contributed by atoms with Crippen LogP contribution in [-0.2, 0) is 22.9 Å². The highest BCUT2D eigenvalue weighted by atomic mass is 32.2. The van der Waals surface area contributed by atoms with Gasteiger partial charge in [0.1, 0.15) is 0 Å². The number of nitro benzene ring substituents is 1. The second-order valence-corrected chi connectivity index (χ2v) is 10.8. The molecule has 0 unspecified atom stereocenters. The Balaban J connectivity index is 1.36. The fourth-order valence-electron chi connectivity index (χ4n) is 3.85. The SMILES string of the molecule is CCCc1ccc(Cc2csc(N3CCN(S(=O)(=O)c4ccc([N+](=O)[O-])cc4)CC3)n2)cc1. The Morgan fingerprint density at radius 1 is 1.00 bits per heavy atom. The molecule has 0 saturated carbocycles. The zero-order valence-electron chi connectivity index (χ0n) is 18.4. The number of aryl methyl sites for hydroxylation is 1. The van der Waals surface area contributed by atoms with E-state index in [1.165, 1.54) is 39.7 Å². The van der Waals surface area contributed by atoms with Crippen molar-refractivity contribution in [1.82, 2.24) is 9.29 Å². The third kappa shape index (κ3) is 5.40. The summed E-state index contributed by atoms with van der Waals surface area (Å²) in [5, 5.41) is 13.8. The van der Waals surface area contributed by atoms with Crippen molar-refractivity contribution < 1.29 is 13.3 Å². The number of piperazine rings is 1. The molecule has 4 rings (SSSR count). The van der Waals surface area contributed by atoms with E-state index in [4.69, 9.17) is 4.98 Å². The van der Waals surface area contributed by atoms with Gasteiger partial charge in [-0.1, -0.05) is 37.6 Å². The minimum atomic E-state index is -3.69. The average molecular weight is 487 g/mol. The molecule has 0 radical (unpaired) electrons. The van der Waals surface area contributed by atoms with E-state index in [-0.39, 0.29) is 10.6 Å². The van der Waals surface area contributed by atoms with Gasteiger partial charge in [0.2, 0.25) is 10.0 Å². The van der Waals surface area contributed by atoms with Crippen molar-refractivity contribution in [3.8, 4) is 0 Å². The molecule has 1 aromatic heterocycles. The molecular formula is C23H26N4O4S2. The molecule has 2 heterocycles. The summed E-state index contributed by atoms with van der Waals surface area (Å²) in [5.41, 5.74) is 3.46. The van der Waals surface area contributed by atoms with Crippen LogP contribution in [0.1, 0.15) is 30.2 Å². The summed E-state index contributed by atoms with van der Waals surface area (Å²) >= 11 is 1.58. The van der Waals surface area contributed by atoms with Gasteiger partial charge in [0, 0.05) is 50.1 Å². The lowest BCUT2D eigenvalue weighted by Gasteiger charge is -2.33. The maximum Gasteiger partial charge on any atom is 0.269 e. The third-order valence-electron chi connectivity index (χ3n) is 5.68. The smallest absolute Gasteiger partial charge is 0.269 e. The Labute approximate surface area is 197 Å². The van der Waals surface area contributed by atoms with Crippen LogP contribution in [0.4, 0.5) is 10.8 Å². The predicted molar refractivity (Wildman–Crippen MR) is 129 cm³/mol. The monoisotopic (exact) mass is 486 g/mol. The molecule has 0 amide bonds. The van der Waals surface area contributed by atoms with Crippen molar-refractivity contribution >= 4 is 32.2 Å². The van der Waals surface area contributed by atoms with Gasteiger partial charge in [0.05, 0.1) is 15.5 Å². The van der Waals surface area contributed by atoms with Crippen LogP contribution >= 0.6 is 11.3 Å². The molecule has 2 aromatic carbocycles. The number of sulfonamides is 1. The van der Waals surface area contributed by atoms with E-state index in [0.29, 0.717) is 26.2 Å². The molecule has 1 saturated heterocycles. The van der Waals surface area contributed by atoms with Crippen LogP contribution in [0.15, 0.2) is 58.8 Å². The molecule has 0 bridgehead atoms. The highest BCUT2D eigenvalue weighted by molar-refractivity contribution is 7.89. The van der Waals surface area contributed by atoms with Gasteiger partial charge in [0.25, 0.3) is 5.69 Å². The normalized spacial score (nSPS) is 15.0. The molecule has 0 spiro atoms. The number of nitrogens with zero attached hydrogens (tertiary/aromatic N) is 4. The van der Waals surface area contributed by atoms with Gasteiger partial charge in [-0.25, -0.2) is 13.4 Å². The van der Waals surface area contributed by atoms with Gasteiger partial charge in [-0.15, -0.1) is 11.3 Å². The molecular weight excluding hydrogens is 460 g/mol. The molecule has 1 aliphatic heterocycles. The highest BCUT2D eigenvalue weighted by Crippen LogP contribution is 2.26. The molecule has 0 N–H and O–H groups in total. The minimum absolute atomic E-state index is 0.0723. The number of hydrogen-bond donors (Lipinski definition) is 0. The number of benzene rings is 2. The molecule has 1 fully saturated rings. The van der Waals surface area contributed by atoms with Crippen LogP contribution in [0.2, 0.25) is 0 Å². The maximum absolute atomic E-state index is 12.9. The summed E-state index contributed by atoms with van der Waals surface area (Å²) in [6.07, 6.45) is 3.00. The predicted octanol–water partition coefficient (Wildman–Crippen LogP) is 4.11. The van der Waals surface area contributed by atoms with Gasteiger partial charge >= 0.3 is 0 Å². The maximum atomic E-state index is 12.9. The zero-order valence-corrected chi connectivity index (χ0v) is 20.0. The van der Waals surface area contributed by atoms with Gasteiger partial charge in [-0.05, 0) is 29.7 Å². The Morgan fingerprint density at radius 2 is 1.64 bits per heavy atom. The molecule has 10 heteroatoms. The summed E-state index contributed by atoms with van der Waals surface area (Å²) in [5.74, 6) is 0. The molecule has 8 nitrogen and oxygen atoms in total. The summed E-state index contributed by atoms with van der Waals surface area (Å²) in [4.78, 5) is 17.2. The standard InChI is InChI=1S/C23H26N4O4S2/c1-2-3-18-4-6-19(7-5-18)16-20-17-32-23(24-20)25-12-14-26(15-13-25)33(30,31)22-10-8-21(9-11-22)27(28)29/h4-11,17H,2-3,12-16H2,1H3. The first-order valence-corrected chi connectivity index (χ1v) is 13.2. The largest absolute Gasteiger partial charge is 0.345 e. The number of hydrogen-bond acceptors (Lipinski definition) is 7. The number of nitro groups is 1. The number of anilines is 1. The topological polar surface area (TPSA) is 96.7 Å². The van der Waals surface area contributed by atoms with Crippen LogP contribution in [0, 0.1) is 10.1 Å². The molecule has 33 heavy (non-hydrogen) atoms. The van der Waals surface area contributed by atoms with Crippen LogP contribution in [-0.4, -0.2) is 48.8 Å². The van der Waals surface area contributed by atoms with E-state index in [1.807, 2.05) is 0 Å². The van der Waals surface area contributed by atoms with Crippen molar-refractivity contribution in [2.45, 2.75) is 31.1 Å². The van der Waals surface area contributed by atoms with Crippen LogP contribution in [0.5, 0.6) is 0 Å². The Hall–Kier alpha value is -2.82. The van der Waals surface area contributed by atoms with Gasteiger partial charge < -0.3 is 4.90 Å². The number of non-ortho nitro benzene ring substituents is 1. The lowest BCUT2D eigenvalue weighted by Crippen LogP contribution is -2.48. The lowest BCUT2D eigenvalue weighted by atomic mass is 10.1. The van der Waals surface area contributed by atoms with Crippen molar-refractivity contribution in [2.75, 3.05) is 31.1 Å². The minimum Gasteiger partial charge on any atom is -0.345 e. The second kappa shape index (κ2) is 9.98. The van der Waals surface area contributed by atoms with Crippen LogP contribution in [0.25, 0.3) is 0 Å². The highest BCUT2D eigenvalue weighted by Gasteiger charge is 2.29. The summed E-state index contributed by atoms with van der Waals surface area (Å²) in [6.45, 7) is 3.95. The molecule has 0 atom stereocenters. The van der Waals surface area contributed by atoms with Crippen molar-refractivity contribution in [3.63, 3.8) is 0 Å². The summed E-state index contributed by atoms with van der Waals surface area (Å²) < 4.78 is 27.2. The van der Waals surface area contributed by atoms with E-state index < -0.39 is 14.9 Å². The number of aromatic nitrogens is 1. The van der Waals surface area contributed by atoms with Crippen molar-refractivity contribution in [3.05, 3.63) is 80.8 Å². The van der Waals surface area contributed by atoms with Crippen molar-refractivity contribution in [1.29, 1.82) is 0 Å². The Morgan fingerprint density at radius 3 is 2.24 bits per heavy atom. The third-order valence-corrected chi connectivity index (χ3v) is 8.54. The van der Waals surface area contributed by atoms with Crippen LogP contribution in [0.3, 0.4) is 0 Å². The molecule has 0 aliphatic carbocycles. The van der Waals surface area contributed by atoms with E-state index >= 15 is 0 Å². The first kappa shape index (κ1) is 23.3. The van der Waals surface area contributed by atoms with Crippen molar-refractivity contribution in [2.24, 2.45) is 0 Å². The first-order valence-electron chi connectivity index (χ1n) is 10.9. The molecule has 1 aliphatic rings. The van der Waals surface area contributed by atoms with Gasteiger partial charge in [-0.2, -0.15) is 4.31 Å². The average Bonchev–Trinajstić information content (AvgIpc) is 3.29. The number of rotatable bonds is 8. The van der Waals surface area contributed by atoms with Crippen LogP contribution < -0.4 is 4.90 Å². The van der Waals surface area contributed by atoms with E-state index in [2.05, 4.69) is 41.5 Å². The lowest BCUT2D eigenvalue weighted by molar-refractivity contribution is -0.384. The zero-order chi connectivity index (χ0) is 23.4. The molecule has 3 aromatic rings. The second-order valence-electron chi connectivity index (χ2n) is 8.01.